The molecule has 0 N–H and O–H groups in total. The first-order valence-corrected chi connectivity index (χ1v) is 3.49. The molecule has 0 bridgehead atoms. The molecule has 0 fully saturated rings. The maximum absolute atomic E-state index is 13.0. The third kappa shape index (κ3) is 1.54. The molecular formula is C8H13F. The molecule has 1 heteroatoms. The Morgan fingerprint density at radius 2 is 2.22 bits per heavy atom. The minimum atomic E-state index is -1.06. The minimum absolute atomic E-state index is 0.962. The fourth-order valence-corrected chi connectivity index (χ4v) is 1.21. The van der Waals surface area contributed by atoms with Gasteiger partial charge in [0.05, 0.1) is 0 Å². The van der Waals surface area contributed by atoms with E-state index in [1.54, 1.807) is 13.8 Å². The van der Waals surface area contributed by atoms with Crippen LogP contribution >= 0.6 is 0 Å². The van der Waals surface area contributed by atoms with E-state index in [2.05, 4.69) is 0 Å². The van der Waals surface area contributed by atoms with E-state index in [9.17, 15) is 4.39 Å². The molecule has 1 aliphatic rings. The van der Waals surface area contributed by atoms with Crippen LogP contribution in [0.3, 0.4) is 0 Å². The first kappa shape index (κ1) is 6.79. The molecule has 0 aromatic carbocycles. The van der Waals surface area contributed by atoms with Gasteiger partial charge in [0.2, 0.25) is 0 Å². The molecule has 0 saturated heterocycles. The van der Waals surface area contributed by atoms with Crippen LogP contribution in [0.1, 0.15) is 33.1 Å². The van der Waals surface area contributed by atoms with Gasteiger partial charge in [0.1, 0.15) is 5.67 Å². The van der Waals surface area contributed by atoms with Gasteiger partial charge in [-0.3, -0.25) is 0 Å². The summed E-state index contributed by atoms with van der Waals surface area (Å²) in [5.74, 6) is 0. The van der Waals surface area contributed by atoms with Crippen molar-refractivity contribution < 1.29 is 4.39 Å². The van der Waals surface area contributed by atoms with Crippen LogP contribution in [0.5, 0.6) is 0 Å². The van der Waals surface area contributed by atoms with E-state index >= 15 is 0 Å². The van der Waals surface area contributed by atoms with Crippen LogP contribution < -0.4 is 0 Å². The number of rotatable bonds is 1. The van der Waals surface area contributed by atoms with Crippen molar-refractivity contribution in [2.24, 2.45) is 0 Å². The predicted molar refractivity (Wildman–Crippen MR) is 37.1 cm³/mol. The summed E-state index contributed by atoms with van der Waals surface area (Å²) in [6.45, 7) is 3.26. The normalized spacial score (nSPS) is 20.1. The molecule has 0 amide bonds. The molecule has 1 rings (SSSR count). The van der Waals surface area contributed by atoms with Crippen molar-refractivity contribution in [2.75, 3.05) is 0 Å². The lowest BCUT2D eigenvalue weighted by Gasteiger charge is -2.14. The lowest BCUT2D eigenvalue weighted by molar-refractivity contribution is 0.263. The molecular weight excluding hydrogens is 115 g/mol. The molecule has 0 aromatic heterocycles. The fourth-order valence-electron chi connectivity index (χ4n) is 1.21. The van der Waals surface area contributed by atoms with Gasteiger partial charge in [0.15, 0.2) is 0 Å². The number of hydrogen-bond donors (Lipinski definition) is 0. The maximum Gasteiger partial charge on any atom is 0.126 e. The number of alkyl halides is 1. The lowest BCUT2D eigenvalue weighted by Crippen LogP contribution is -2.13. The van der Waals surface area contributed by atoms with Crippen LogP contribution in [-0.4, -0.2) is 5.67 Å². The summed E-state index contributed by atoms with van der Waals surface area (Å²) in [4.78, 5) is 0. The molecule has 1 aliphatic carbocycles. The Balaban J connectivity index is 2.61. The molecule has 0 aliphatic heterocycles. The van der Waals surface area contributed by atoms with Crippen LogP contribution in [0.4, 0.5) is 4.39 Å². The van der Waals surface area contributed by atoms with Crippen molar-refractivity contribution in [1.29, 1.82) is 0 Å². The molecule has 0 atom stereocenters. The zero-order valence-electron chi connectivity index (χ0n) is 6.08. The first-order chi connectivity index (χ1) is 4.11. The summed E-state index contributed by atoms with van der Waals surface area (Å²) in [6, 6.07) is 0. The third-order valence-electron chi connectivity index (χ3n) is 1.80. The molecule has 0 aromatic rings. The zero-order valence-corrected chi connectivity index (χ0v) is 6.08. The molecule has 0 unspecified atom stereocenters. The molecule has 0 nitrogen and oxygen atoms in total. The van der Waals surface area contributed by atoms with Gasteiger partial charge in [-0.25, -0.2) is 4.39 Å². The highest BCUT2D eigenvalue weighted by Crippen LogP contribution is 2.30. The van der Waals surface area contributed by atoms with Crippen molar-refractivity contribution in [1.82, 2.24) is 0 Å². The molecule has 9 heavy (non-hydrogen) atoms. The average molecular weight is 128 g/mol. The van der Waals surface area contributed by atoms with Gasteiger partial charge in [-0.05, 0) is 38.7 Å². The molecule has 0 heterocycles. The lowest BCUT2D eigenvalue weighted by atomic mass is 10.0. The van der Waals surface area contributed by atoms with Crippen LogP contribution in [0.25, 0.3) is 0 Å². The van der Waals surface area contributed by atoms with E-state index in [0.29, 0.717) is 0 Å². The smallest absolute Gasteiger partial charge is 0.126 e. The standard InChI is InChI=1S/C8H13F/c1-8(2,9)7-5-3-4-6-7/h5H,3-4,6H2,1-2H3. The van der Waals surface area contributed by atoms with E-state index < -0.39 is 5.67 Å². The third-order valence-corrected chi connectivity index (χ3v) is 1.80. The SMILES string of the molecule is CC(C)(F)C1=CCCC1. The predicted octanol–water partition coefficient (Wildman–Crippen LogP) is 2.84. The summed E-state index contributed by atoms with van der Waals surface area (Å²) in [5.41, 5.74) is -0.0706. The fraction of sp³-hybridized carbons (Fsp3) is 0.750. The quantitative estimate of drug-likeness (QED) is 0.476. The Labute approximate surface area is 55.8 Å². The number of hydrogen-bond acceptors (Lipinski definition) is 0. The van der Waals surface area contributed by atoms with Crippen LogP contribution in [0.15, 0.2) is 11.6 Å². The Morgan fingerprint density at radius 3 is 2.44 bits per heavy atom. The molecule has 0 spiro atoms. The van der Waals surface area contributed by atoms with Gasteiger partial charge in [-0.15, -0.1) is 0 Å². The van der Waals surface area contributed by atoms with Crippen LogP contribution in [0.2, 0.25) is 0 Å². The van der Waals surface area contributed by atoms with Crippen molar-refractivity contribution in [2.45, 2.75) is 38.8 Å². The molecule has 0 radical (unpaired) electrons. The monoisotopic (exact) mass is 128 g/mol. The summed E-state index contributed by atoms with van der Waals surface area (Å²) < 4.78 is 13.0. The van der Waals surface area contributed by atoms with Crippen molar-refractivity contribution in [3.8, 4) is 0 Å². The van der Waals surface area contributed by atoms with Crippen molar-refractivity contribution in [3.05, 3.63) is 11.6 Å². The molecule has 52 valence electrons. The second-order valence-electron chi connectivity index (χ2n) is 3.09. The Hall–Kier alpha value is -0.330. The average Bonchev–Trinajstić information content (AvgIpc) is 2.08. The summed E-state index contributed by atoms with van der Waals surface area (Å²) in [6.07, 6.45) is 5.20. The Kier molecular flexibility index (Phi) is 1.60. The van der Waals surface area contributed by atoms with E-state index in [1.165, 1.54) is 0 Å². The Morgan fingerprint density at radius 1 is 1.56 bits per heavy atom. The van der Waals surface area contributed by atoms with E-state index in [-0.39, 0.29) is 0 Å². The highest BCUT2D eigenvalue weighted by Gasteiger charge is 2.23. The maximum atomic E-state index is 13.0. The van der Waals surface area contributed by atoms with Gasteiger partial charge in [0, 0.05) is 0 Å². The minimum Gasteiger partial charge on any atom is -0.240 e. The van der Waals surface area contributed by atoms with Crippen molar-refractivity contribution >= 4 is 0 Å². The summed E-state index contributed by atoms with van der Waals surface area (Å²) >= 11 is 0. The highest BCUT2D eigenvalue weighted by atomic mass is 19.1. The van der Waals surface area contributed by atoms with E-state index in [4.69, 9.17) is 0 Å². The second kappa shape index (κ2) is 2.13. The van der Waals surface area contributed by atoms with Gasteiger partial charge < -0.3 is 0 Å². The largest absolute Gasteiger partial charge is 0.240 e. The van der Waals surface area contributed by atoms with Gasteiger partial charge >= 0.3 is 0 Å². The van der Waals surface area contributed by atoms with Gasteiger partial charge in [-0.2, -0.15) is 0 Å². The molecule has 0 saturated carbocycles. The zero-order chi connectivity index (χ0) is 6.91. The topological polar surface area (TPSA) is 0 Å². The van der Waals surface area contributed by atoms with Crippen LogP contribution in [-0.2, 0) is 0 Å². The van der Waals surface area contributed by atoms with Gasteiger partial charge in [-0.1, -0.05) is 6.08 Å². The highest BCUT2D eigenvalue weighted by molar-refractivity contribution is 5.17. The van der Waals surface area contributed by atoms with Crippen LogP contribution in [0, 0.1) is 0 Å². The van der Waals surface area contributed by atoms with E-state index in [0.717, 1.165) is 24.8 Å². The summed E-state index contributed by atoms with van der Waals surface area (Å²) in [5, 5.41) is 0. The summed E-state index contributed by atoms with van der Waals surface area (Å²) in [7, 11) is 0. The van der Waals surface area contributed by atoms with Gasteiger partial charge in [0.25, 0.3) is 0 Å². The number of allylic oxidation sites excluding steroid dienone is 2. The van der Waals surface area contributed by atoms with E-state index in [1.807, 2.05) is 6.08 Å². The number of halogens is 1. The Bertz CT molecular complexity index is 128. The first-order valence-electron chi connectivity index (χ1n) is 3.49. The second-order valence-corrected chi connectivity index (χ2v) is 3.09. The van der Waals surface area contributed by atoms with Crippen molar-refractivity contribution in [3.63, 3.8) is 0 Å².